The van der Waals surface area contributed by atoms with Crippen LogP contribution in [-0.4, -0.2) is 14.2 Å². The Bertz CT molecular complexity index is 749. The molecule has 2 aromatic rings. The molecular formula is C17H20O4. The Hall–Kier alpha value is -2.23. The third-order valence-corrected chi connectivity index (χ3v) is 3.36. The van der Waals surface area contributed by atoms with Crippen molar-refractivity contribution in [2.45, 2.75) is 27.2 Å². The molecule has 0 saturated carbocycles. The molecule has 21 heavy (non-hydrogen) atoms. The Kier molecular flexibility index (Phi) is 4.36. The highest BCUT2D eigenvalue weighted by molar-refractivity contribution is 5.92. The zero-order valence-corrected chi connectivity index (χ0v) is 13.1. The van der Waals surface area contributed by atoms with E-state index in [1.165, 1.54) is 12.7 Å². The van der Waals surface area contributed by atoms with Crippen molar-refractivity contribution in [1.82, 2.24) is 0 Å². The van der Waals surface area contributed by atoms with Crippen molar-refractivity contribution in [3.05, 3.63) is 45.5 Å². The Morgan fingerprint density at radius 2 is 1.86 bits per heavy atom. The molecule has 0 unspecified atom stereocenters. The van der Waals surface area contributed by atoms with Crippen LogP contribution in [0.25, 0.3) is 10.8 Å². The topological polar surface area (TPSA) is 48.7 Å². The highest BCUT2D eigenvalue weighted by atomic mass is 16.5. The van der Waals surface area contributed by atoms with Gasteiger partial charge in [0.05, 0.1) is 14.2 Å². The molecule has 0 N–H and O–H groups in total. The van der Waals surface area contributed by atoms with Crippen LogP contribution in [0, 0.1) is 6.92 Å². The quantitative estimate of drug-likeness (QED) is 0.806. The van der Waals surface area contributed by atoms with Gasteiger partial charge in [-0.25, -0.2) is 4.79 Å². The molecule has 112 valence electrons. The summed E-state index contributed by atoms with van der Waals surface area (Å²) in [5, 5.41) is 1.28. The number of rotatable bonds is 4. The van der Waals surface area contributed by atoms with Crippen molar-refractivity contribution in [2.24, 2.45) is 0 Å². The fourth-order valence-electron chi connectivity index (χ4n) is 2.35. The molecule has 0 atom stereocenters. The lowest BCUT2D eigenvalue weighted by molar-refractivity contribution is 0.393. The van der Waals surface area contributed by atoms with Gasteiger partial charge in [-0.15, -0.1) is 0 Å². The molecule has 0 aliphatic heterocycles. The van der Waals surface area contributed by atoms with Crippen LogP contribution in [0.2, 0.25) is 0 Å². The number of methoxy groups -OCH3 is 2. The predicted octanol–water partition coefficient (Wildman–Crippen LogP) is 3.63. The van der Waals surface area contributed by atoms with Crippen LogP contribution in [0.5, 0.6) is 11.5 Å². The van der Waals surface area contributed by atoms with Crippen molar-refractivity contribution in [3.8, 4) is 11.5 Å². The first-order valence-corrected chi connectivity index (χ1v) is 6.79. The van der Waals surface area contributed by atoms with E-state index < -0.39 is 0 Å². The lowest BCUT2D eigenvalue weighted by Gasteiger charge is -2.14. The molecule has 0 aliphatic rings. The fraction of sp³-hybridized carbons (Fsp3) is 0.353. The van der Waals surface area contributed by atoms with E-state index in [2.05, 4.69) is 6.08 Å². The second-order valence-corrected chi connectivity index (χ2v) is 5.18. The van der Waals surface area contributed by atoms with E-state index in [1.54, 1.807) is 20.1 Å². The normalized spacial score (nSPS) is 10.5. The van der Waals surface area contributed by atoms with Crippen LogP contribution in [0.1, 0.15) is 25.2 Å². The smallest absolute Gasteiger partial charge is 0.347 e. The Morgan fingerprint density at radius 3 is 2.43 bits per heavy atom. The summed E-state index contributed by atoms with van der Waals surface area (Å²) in [6.07, 6.45) is 2.79. The summed E-state index contributed by atoms with van der Waals surface area (Å²) in [6, 6.07) is 3.60. The van der Waals surface area contributed by atoms with E-state index in [0.717, 1.165) is 10.9 Å². The van der Waals surface area contributed by atoms with Crippen molar-refractivity contribution in [2.75, 3.05) is 14.2 Å². The summed E-state index contributed by atoms with van der Waals surface area (Å²) in [6.45, 7) is 5.84. The number of fused-ring (bicyclic) bond motifs is 1. The molecule has 0 saturated heterocycles. The molecule has 0 aliphatic carbocycles. The molecule has 1 aromatic carbocycles. The number of aryl methyl sites for hydroxylation is 1. The lowest BCUT2D eigenvalue weighted by atomic mass is 10.00. The monoisotopic (exact) mass is 288 g/mol. The van der Waals surface area contributed by atoms with Gasteiger partial charge < -0.3 is 13.9 Å². The zero-order chi connectivity index (χ0) is 15.6. The van der Waals surface area contributed by atoms with E-state index >= 15 is 0 Å². The Morgan fingerprint density at radius 1 is 1.19 bits per heavy atom. The molecule has 0 spiro atoms. The van der Waals surface area contributed by atoms with Crippen LogP contribution in [0.15, 0.2) is 33.0 Å². The molecule has 2 rings (SSSR count). The molecule has 0 fully saturated rings. The van der Waals surface area contributed by atoms with Crippen molar-refractivity contribution < 1.29 is 13.9 Å². The zero-order valence-electron chi connectivity index (χ0n) is 13.1. The third kappa shape index (κ3) is 2.94. The number of ether oxygens (including phenoxy) is 2. The number of benzene rings is 1. The maximum atomic E-state index is 12.2. The second-order valence-electron chi connectivity index (χ2n) is 5.18. The van der Waals surface area contributed by atoms with E-state index in [0.29, 0.717) is 29.1 Å². The van der Waals surface area contributed by atoms with Crippen molar-refractivity contribution in [1.29, 1.82) is 0 Å². The van der Waals surface area contributed by atoms with Gasteiger partial charge in [0.15, 0.2) is 0 Å². The lowest BCUT2D eigenvalue weighted by Crippen LogP contribution is -2.06. The van der Waals surface area contributed by atoms with Crippen LogP contribution in [0.3, 0.4) is 0 Å². The highest BCUT2D eigenvalue weighted by Crippen LogP contribution is 2.35. The summed E-state index contributed by atoms with van der Waals surface area (Å²) in [5.74, 6) is 1.75. The van der Waals surface area contributed by atoms with E-state index in [-0.39, 0.29) is 5.63 Å². The highest BCUT2D eigenvalue weighted by Gasteiger charge is 2.17. The van der Waals surface area contributed by atoms with Crippen molar-refractivity contribution >= 4 is 10.8 Å². The minimum absolute atomic E-state index is 0.386. The third-order valence-electron chi connectivity index (χ3n) is 3.36. The number of allylic oxidation sites excluding steroid dienone is 2. The van der Waals surface area contributed by atoms with Gasteiger partial charge in [0, 0.05) is 17.0 Å². The first kappa shape index (κ1) is 15.2. The predicted molar refractivity (Wildman–Crippen MR) is 83.5 cm³/mol. The average molecular weight is 288 g/mol. The van der Waals surface area contributed by atoms with Crippen molar-refractivity contribution in [3.63, 3.8) is 0 Å². The number of hydrogen-bond acceptors (Lipinski definition) is 4. The molecule has 4 heteroatoms. The van der Waals surface area contributed by atoms with Crippen LogP contribution in [-0.2, 0) is 6.42 Å². The van der Waals surface area contributed by atoms with Gasteiger partial charge in [-0.05, 0) is 33.3 Å². The molecule has 0 radical (unpaired) electrons. The van der Waals surface area contributed by atoms with Crippen LogP contribution >= 0.6 is 0 Å². The molecular weight excluding hydrogens is 268 g/mol. The molecule has 1 aromatic heterocycles. The largest absolute Gasteiger partial charge is 0.496 e. The van der Waals surface area contributed by atoms with Gasteiger partial charge in [-0.3, -0.25) is 0 Å². The van der Waals surface area contributed by atoms with Crippen LogP contribution in [0.4, 0.5) is 0 Å². The maximum Gasteiger partial charge on any atom is 0.347 e. The first-order valence-electron chi connectivity index (χ1n) is 6.79. The van der Waals surface area contributed by atoms with Gasteiger partial charge in [0.2, 0.25) is 0 Å². The molecule has 0 amide bonds. The van der Waals surface area contributed by atoms with Crippen LogP contribution < -0.4 is 15.1 Å². The van der Waals surface area contributed by atoms with Gasteiger partial charge in [-0.1, -0.05) is 11.6 Å². The molecule has 1 heterocycles. The first-order chi connectivity index (χ1) is 9.97. The van der Waals surface area contributed by atoms with E-state index in [9.17, 15) is 4.79 Å². The van der Waals surface area contributed by atoms with Gasteiger partial charge >= 0.3 is 5.63 Å². The fourth-order valence-corrected chi connectivity index (χ4v) is 2.35. The minimum Gasteiger partial charge on any atom is -0.496 e. The number of hydrogen-bond donors (Lipinski definition) is 0. The van der Waals surface area contributed by atoms with Gasteiger partial charge in [0.25, 0.3) is 0 Å². The molecule has 0 bridgehead atoms. The van der Waals surface area contributed by atoms with E-state index in [1.807, 2.05) is 19.9 Å². The van der Waals surface area contributed by atoms with Gasteiger partial charge in [-0.2, -0.15) is 0 Å². The molecule has 4 nitrogen and oxygen atoms in total. The minimum atomic E-state index is -0.386. The Labute approximate surface area is 124 Å². The second kappa shape index (κ2) is 6.04. The standard InChI is InChI=1S/C17H20O4/c1-10(2)6-7-12-13-8-11(3)21-17(18)16(13)15(20-5)9-14(12)19-4/h6,8-9H,7H2,1-5H3. The average Bonchev–Trinajstić information content (AvgIpc) is 2.43. The summed E-state index contributed by atoms with van der Waals surface area (Å²) in [5.41, 5.74) is 1.79. The SMILES string of the molecule is COc1cc(OC)c2c(=O)oc(C)cc2c1CC=C(C)C. The summed E-state index contributed by atoms with van der Waals surface area (Å²) >= 11 is 0. The summed E-state index contributed by atoms with van der Waals surface area (Å²) in [4.78, 5) is 12.2. The Balaban J connectivity index is 2.87. The maximum absolute atomic E-state index is 12.2. The summed E-state index contributed by atoms with van der Waals surface area (Å²) < 4.78 is 16.0. The van der Waals surface area contributed by atoms with Gasteiger partial charge in [0.1, 0.15) is 22.6 Å². The van der Waals surface area contributed by atoms with E-state index in [4.69, 9.17) is 13.9 Å². The summed E-state index contributed by atoms with van der Waals surface area (Å²) in [7, 11) is 3.15.